The molecule has 154 valence electrons. The third kappa shape index (κ3) is 5.37. The number of rotatable bonds is 8. The molecule has 1 heterocycles. The Labute approximate surface area is 165 Å². The first-order valence-corrected chi connectivity index (χ1v) is 9.42. The van der Waals surface area contributed by atoms with E-state index in [1.54, 1.807) is 23.1 Å². The fourth-order valence-electron chi connectivity index (χ4n) is 3.40. The lowest BCUT2D eigenvalue weighted by Crippen LogP contribution is -2.46. The minimum absolute atomic E-state index is 0.139. The van der Waals surface area contributed by atoms with Crippen LogP contribution in [0.3, 0.4) is 0 Å². The highest BCUT2D eigenvalue weighted by molar-refractivity contribution is 5.95. The highest BCUT2D eigenvalue weighted by Gasteiger charge is 2.31. The summed E-state index contributed by atoms with van der Waals surface area (Å²) in [6, 6.07) is 5.03. The second kappa shape index (κ2) is 9.96. The SMILES string of the molecule is CCCN(CC(=O)O)C(=O)C1CCN(C(=O)c2cc(OC)cc(OC)c2)CC1. The predicted molar refractivity (Wildman–Crippen MR) is 103 cm³/mol. The molecule has 8 heteroatoms. The minimum atomic E-state index is -1.01. The van der Waals surface area contributed by atoms with Gasteiger partial charge in [0, 0.05) is 37.2 Å². The number of aliphatic carboxylic acids is 1. The lowest BCUT2D eigenvalue weighted by Gasteiger charge is -2.34. The molecule has 0 bridgehead atoms. The summed E-state index contributed by atoms with van der Waals surface area (Å²) in [7, 11) is 3.05. The van der Waals surface area contributed by atoms with Crippen LogP contribution in [0.5, 0.6) is 11.5 Å². The molecule has 1 saturated heterocycles. The van der Waals surface area contributed by atoms with Gasteiger partial charge in [-0.3, -0.25) is 14.4 Å². The number of carbonyl (C=O) groups excluding carboxylic acids is 2. The zero-order chi connectivity index (χ0) is 20.7. The highest BCUT2D eigenvalue weighted by Crippen LogP contribution is 2.26. The summed E-state index contributed by atoms with van der Waals surface area (Å²) < 4.78 is 10.4. The number of amides is 2. The predicted octanol–water partition coefficient (Wildman–Crippen LogP) is 1.88. The molecule has 1 N–H and O–H groups in total. The van der Waals surface area contributed by atoms with E-state index in [4.69, 9.17) is 14.6 Å². The molecule has 0 radical (unpaired) electrons. The highest BCUT2D eigenvalue weighted by atomic mass is 16.5. The number of piperidine rings is 1. The van der Waals surface area contributed by atoms with Gasteiger partial charge >= 0.3 is 5.97 Å². The number of methoxy groups -OCH3 is 2. The van der Waals surface area contributed by atoms with Crippen molar-refractivity contribution in [1.82, 2.24) is 9.80 Å². The van der Waals surface area contributed by atoms with Crippen molar-refractivity contribution in [3.63, 3.8) is 0 Å². The summed E-state index contributed by atoms with van der Waals surface area (Å²) in [6.45, 7) is 2.94. The minimum Gasteiger partial charge on any atom is -0.497 e. The molecule has 0 saturated carbocycles. The van der Waals surface area contributed by atoms with Crippen molar-refractivity contribution >= 4 is 17.8 Å². The Morgan fingerprint density at radius 3 is 2.14 bits per heavy atom. The topological polar surface area (TPSA) is 96.4 Å². The Hall–Kier alpha value is -2.77. The molecule has 0 atom stereocenters. The molecule has 1 aliphatic rings. The van der Waals surface area contributed by atoms with E-state index in [1.165, 1.54) is 19.1 Å². The lowest BCUT2D eigenvalue weighted by atomic mass is 9.94. The van der Waals surface area contributed by atoms with Gasteiger partial charge in [0.2, 0.25) is 5.91 Å². The normalized spacial score (nSPS) is 14.5. The molecule has 0 unspecified atom stereocenters. The van der Waals surface area contributed by atoms with Gasteiger partial charge in [0.1, 0.15) is 18.0 Å². The molecule has 0 spiro atoms. The molecule has 1 aliphatic heterocycles. The number of nitrogens with zero attached hydrogens (tertiary/aromatic N) is 2. The van der Waals surface area contributed by atoms with E-state index in [9.17, 15) is 14.4 Å². The van der Waals surface area contributed by atoms with Crippen molar-refractivity contribution in [3.8, 4) is 11.5 Å². The largest absolute Gasteiger partial charge is 0.497 e. The molecule has 28 heavy (non-hydrogen) atoms. The molecule has 2 amide bonds. The van der Waals surface area contributed by atoms with Crippen LogP contribution in [0.2, 0.25) is 0 Å². The summed E-state index contributed by atoms with van der Waals surface area (Å²) in [5.41, 5.74) is 0.472. The fourth-order valence-corrected chi connectivity index (χ4v) is 3.40. The van der Waals surface area contributed by atoms with E-state index in [-0.39, 0.29) is 24.3 Å². The third-order valence-electron chi connectivity index (χ3n) is 4.86. The first kappa shape index (κ1) is 21.5. The Kier molecular flexibility index (Phi) is 7.66. The number of carboxylic acids is 1. The average molecular weight is 392 g/mol. The summed E-state index contributed by atoms with van der Waals surface area (Å²) in [5.74, 6) is -0.470. The molecule has 1 aromatic carbocycles. The van der Waals surface area contributed by atoms with Crippen molar-refractivity contribution in [2.75, 3.05) is 40.4 Å². The van der Waals surface area contributed by atoms with E-state index in [1.807, 2.05) is 6.92 Å². The lowest BCUT2D eigenvalue weighted by molar-refractivity contribution is -0.147. The van der Waals surface area contributed by atoms with Gasteiger partial charge in [0.25, 0.3) is 5.91 Å². The number of carboxylic acid groups (broad SMARTS) is 1. The van der Waals surface area contributed by atoms with Crippen LogP contribution >= 0.6 is 0 Å². The first-order chi connectivity index (χ1) is 13.4. The second-order valence-electron chi connectivity index (χ2n) is 6.82. The van der Waals surface area contributed by atoms with Gasteiger partial charge < -0.3 is 24.4 Å². The molecule has 0 aromatic heterocycles. The van der Waals surface area contributed by atoms with Crippen LogP contribution in [0, 0.1) is 5.92 Å². The van der Waals surface area contributed by atoms with E-state index >= 15 is 0 Å². The van der Waals surface area contributed by atoms with Gasteiger partial charge in [-0.1, -0.05) is 6.92 Å². The van der Waals surface area contributed by atoms with Crippen LogP contribution in [0.4, 0.5) is 0 Å². The molecule has 1 aromatic rings. The second-order valence-corrected chi connectivity index (χ2v) is 6.82. The molecule has 2 rings (SSSR count). The van der Waals surface area contributed by atoms with Crippen molar-refractivity contribution in [2.24, 2.45) is 5.92 Å². The summed E-state index contributed by atoms with van der Waals surface area (Å²) >= 11 is 0. The first-order valence-electron chi connectivity index (χ1n) is 9.42. The smallest absolute Gasteiger partial charge is 0.323 e. The van der Waals surface area contributed by atoms with Crippen LogP contribution in [-0.4, -0.2) is 73.1 Å². The standard InChI is InChI=1S/C20H28N2O6/c1-4-7-22(13-18(23)24)19(25)14-5-8-21(9-6-14)20(26)15-10-16(27-2)12-17(11-15)28-3/h10-12,14H,4-9,13H2,1-3H3,(H,23,24). The van der Waals surface area contributed by atoms with Crippen LogP contribution in [0.15, 0.2) is 18.2 Å². The maximum Gasteiger partial charge on any atom is 0.323 e. The molecule has 0 aliphatic carbocycles. The van der Waals surface area contributed by atoms with Gasteiger partial charge in [-0.2, -0.15) is 0 Å². The van der Waals surface area contributed by atoms with Gasteiger partial charge in [0.05, 0.1) is 14.2 Å². The van der Waals surface area contributed by atoms with E-state index < -0.39 is 5.97 Å². The number of benzene rings is 1. The maximum absolute atomic E-state index is 12.8. The van der Waals surface area contributed by atoms with Crippen molar-refractivity contribution < 1.29 is 29.0 Å². The summed E-state index contributed by atoms with van der Waals surface area (Å²) in [6.07, 6.45) is 1.74. The van der Waals surface area contributed by atoms with Crippen LogP contribution < -0.4 is 9.47 Å². The zero-order valence-electron chi connectivity index (χ0n) is 16.6. The van der Waals surface area contributed by atoms with Gasteiger partial charge in [-0.05, 0) is 31.4 Å². The zero-order valence-corrected chi connectivity index (χ0v) is 16.6. The number of ether oxygens (including phenoxy) is 2. The van der Waals surface area contributed by atoms with Gasteiger partial charge in [-0.25, -0.2) is 0 Å². The quantitative estimate of drug-likeness (QED) is 0.726. The van der Waals surface area contributed by atoms with Gasteiger partial charge in [0.15, 0.2) is 0 Å². The fraction of sp³-hybridized carbons (Fsp3) is 0.550. The number of carbonyl (C=O) groups is 3. The number of hydrogen-bond acceptors (Lipinski definition) is 5. The van der Waals surface area contributed by atoms with Crippen LogP contribution in [0.1, 0.15) is 36.5 Å². The Bertz CT molecular complexity index is 690. The third-order valence-corrected chi connectivity index (χ3v) is 4.86. The van der Waals surface area contributed by atoms with E-state index in [0.29, 0.717) is 56.0 Å². The summed E-state index contributed by atoms with van der Waals surface area (Å²) in [5, 5.41) is 9.02. The van der Waals surface area contributed by atoms with E-state index in [0.717, 1.165) is 0 Å². The van der Waals surface area contributed by atoms with Crippen molar-refractivity contribution in [1.29, 1.82) is 0 Å². The number of hydrogen-bond donors (Lipinski definition) is 1. The maximum atomic E-state index is 12.8. The average Bonchev–Trinajstić information content (AvgIpc) is 2.71. The Morgan fingerprint density at radius 2 is 1.68 bits per heavy atom. The van der Waals surface area contributed by atoms with Crippen molar-refractivity contribution in [2.45, 2.75) is 26.2 Å². The van der Waals surface area contributed by atoms with Crippen LogP contribution in [-0.2, 0) is 9.59 Å². The molecular weight excluding hydrogens is 364 g/mol. The van der Waals surface area contributed by atoms with E-state index in [2.05, 4.69) is 0 Å². The van der Waals surface area contributed by atoms with Gasteiger partial charge in [-0.15, -0.1) is 0 Å². The Morgan fingerprint density at radius 1 is 1.11 bits per heavy atom. The molecule has 1 fully saturated rings. The monoisotopic (exact) mass is 392 g/mol. The van der Waals surface area contributed by atoms with Crippen molar-refractivity contribution in [3.05, 3.63) is 23.8 Å². The Balaban J connectivity index is 2.02. The molecular formula is C20H28N2O6. The molecule has 8 nitrogen and oxygen atoms in total. The summed E-state index contributed by atoms with van der Waals surface area (Å²) in [4.78, 5) is 39.6. The number of likely N-dealkylation sites (tertiary alicyclic amines) is 1. The van der Waals surface area contributed by atoms with Crippen LogP contribution in [0.25, 0.3) is 0 Å².